The molecule has 4 rings (SSSR count). The van der Waals surface area contributed by atoms with Gasteiger partial charge in [-0.05, 0) is 22.6 Å². The predicted octanol–water partition coefficient (Wildman–Crippen LogP) is 2.83. The van der Waals surface area contributed by atoms with Crippen LogP contribution in [-0.4, -0.2) is 37.2 Å². The van der Waals surface area contributed by atoms with Gasteiger partial charge in [0, 0.05) is 18.8 Å². The van der Waals surface area contributed by atoms with Gasteiger partial charge in [0.1, 0.15) is 0 Å². The molecule has 0 unspecified atom stereocenters. The summed E-state index contributed by atoms with van der Waals surface area (Å²) in [6, 6.07) is 19.7. The molecule has 2 heterocycles. The van der Waals surface area contributed by atoms with Gasteiger partial charge < -0.3 is 5.32 Å². The van der Waals surface area contributed by atoms with Crippen molar-refractivity contribution in [3.8, 4) is 28.3 Å². The van der Waals surface area contributed by atoms with Crippen molar-refractivity contribution in [1.82, 2.24) is 30.2 Å². The van der Waals surface area contributed by atoms with Crippen molar-refractivity contribution in [2.75, 3.05) is 12.4 Å². The fraction of sp³-hybridized carbons (Fsp3) is 0.0556. The zero-order valence-electron chi connectivity index (χ0n) is 13.5. The summed E-state index contributed by atoms with van der Waals surface area (Å²) in [6.07, 6.45) is 1.74. The Morgan fingerprint density at radius 3 is 2.36 bits per heavy atom. The molecule has 0 radical (unpaired) electrons. The Kier molecular flexibility index (Phi) is 3.88. The molecule has 0 spiro atoms. The second-order valence-electron chi connectivity index (χ2n) is 5.32. The normalized spacial score (nSPS) is 10.6. The molecule has 0 saturated heterocycles. The smallest absolute Gasteiger partial charge is 0.222 e. The summed E-state index contributed by atoms with van der Waals surface area (Å²) in [6.45, 7) is 0. The maximum absolute atomic E-state index is 4.62. The third-order valence-electron chi connectivity index (χ3n) is 3.77. The maximum atomic E-state index is 4.62. The van der Waals surface area contributed by atoms with E-state index in [2.05, 4.69) is 30.8 Å². The van der Waals surface area contributed by atoms with Gasteiger partial charge in [-0.15, -0.1) is 5.10 Å². The van der Waals surface area contributed by atoms with E-state index in [4.69, 9.17) is 0 Å². The van der Waals surface area contributed by atoms with Crippen LogP contribution in [0.4, 0.5) is 5.95 Å². The molecule has 122 valence electrons. The summed E-state index contributed by atoms with van der Waals surface area (Å²) in [4.78, 5) is 8.96. The molecule has 0 aliphatic carbocycles. The first-order valence-electron chi connectivity index (χ1n) is 7.81. The lowest BCUT2D eigenvalue weighted by Gasteiger charge is -2.10. The molecular weight excluding hydrogens is 314 g/mol. The lowest BCUT2D eigenvalue weighted by Crippen LogP contribution is -2.04. The average molecular weight is 329 g/mol. The van der Waals surface area contributed by atoms with Crippen molar-refractivity contribution < 1.29 is 0 Å². The van der Waals surface area contributed by atoms with E-state index in [0.29, 0.717) is 11.8 Å². The van der Waals surface area contributed by atoms with Crippen LogP contribution in [0.2, 0.25) is 0 Å². The van der Waals surface area contributed by atoms with Gasteiger partial charge in [-0.2, -0.15) is 4.68 Å². The molecule has 7 nitrogen and oxygen atoms in total. The fourth-order valence-electron chi connectivity index (χ4n) is 2.58. The Balaban J connectivity index is 1.92. The number of hydrogen-bond donors (Lipinski definition) is 1. The first kappa shape index (κ1) is 14.9. The van der Waals surface area contributed by atoms with Crippen molar-refractivity contribution in [3.05, 3.63) is 66.9 Å². The third kappa shape index (κ3) is 2.83. The Morgan fingerprint density at radius 2 is 1.64 bits per heavy atom. The van der Waals surface area contributed by atoms with Crippen molar-refractivity contribution in [2.24, 2.45) is 0 Å². The van der Waals surface area contributed by atoms with Crippen LogP contribution < -0.4 is 5.32 Å². The Bertz CT molecular complexity index is 981. The predicted molar refractivity (Wildman–Crippen MR) is 95.2 cm³/mol. The summed E-state index contributed by atoms with van der Waals surface area (Å²) in [5.74, 6) is 1.13. The van der Waals surface area contributed by atoms with E-state index in [1.165, 1.54) is 0 Å². The number of nitrogens with one attached hydrogen (secondary N) is 1. The average Bonchev–Trinajstić information content (AvgIpc) is 3.18. The number of nitrogens with zero attached hydrogens (tertiary/aromatic N) is 6. The van der Waals surface area contributed by atoms with Crippen LogP contribution in [0.1, 0.15) is 0 Å². The summed E-state index contributed by atoms with van der Waals surface area (Å²) in [5.41, 5.74) is 3.38. The molecule has 0 fully saturated rings. The van der Waals surface area contributed by atoms with Crippen LogP contribution in [0.25, 0.3) is 28.3 Å². The van der Waals surface area contributed by atoms with Crippen LogP contribution in [0.5, 0.6) is 0 Å². The maximum Gasteiger partial charge on any atom is 0.222 e. The van der Waals surface area contributed by atoms with Crippen LogP contribution >= 0.6 is 0 Å². The van der Waals surface area contributed by atoms with Crippen LogP contribution in [0, 0.1) is 0 Å². The van der Waals surface area contributed by atoms with E-state index in [9.17, 15) is 0 Å². The highest BCUT2D eigenvalue weighted by molar-refractivity contribution is 5.78. The van der Waals surface area contributed by atoms with Gasteiger partial charge in [0.2, 0.25) is 5.95 Å². The third-order valence-corrected chi connectivity index (χ3v) is 3.77. The number of anilines is 1. The van der Waals surface area contributed by atoms with Crippen molar-refractivity contribution >= 4 is 5.95 Å². The first-order valence-corrected chi connectivity index (χ1v) is 7.81. The molecule has 4 aromatic rings. The van der Waals surface area contributed by atoms with E-state index in [0.717, 1.165) is 22.5 Å². The highest BCUT2D eigenvalue weighted by Crippen LogP contribution is 2.30. The number of rotatable bonds is 4. The van der Waals surface area contributed by atoms with Gasteiger partial charge in [-0.3, -0.25) is 0 Å². The second-order valence-corrected chi connectivity index (χ2v) is 5.32. The molecule has 25 heavy (non-hydrogen) atoms. The molecular formula is C18H15N7. The lowest BCUT2D eigenvalue weighted by atomic mass is 10.1. The largest absolute Gasteiger partial charge is 0.357 e. The summed E-state index contributed by atoms with van der Waals surface area (Å²) < 4.78 is 1.68. The van der Waals surface area contributed by atoms with Gasteiger partial charge >= 0.3 is 0 Å². The number of tetrazole rings is 1. The zero-order valence-corrected chi connectivity index (χ0v) is 13.5. The van der Waals surface area contributed by atoms with Gasteiger partial charge in [0.15, 0.2) is 5.82 Å². The molecule has 2 aromatic carbocycles. The quantitative estimate of drug-likeness (QED) is 0.620. The minimum Gasteiger partial charge on any atom is -0.357 e. The van der Waals surface area contributed by atoms with Gasteiger partial charge in [-0.1, -0.05) is 48.5 Å². The molecule has 7 heteroatoms. The SMILES string of the molecule is CNc1ncc(-c2nnnn2-c2ccccc2)c(-c2ccccc2)n1. The monoisotopic (exact) mass is 329 g/mol. The first-order chi connectivity index (χ1) is 12.4. The van der Waals surface area contributed by atoms with E-state index < -0.39 is 0 Å². The van der Waals surface area contributed by atoms with Gasteiger partial charge in [-0.25, -0.2) is 9.97 Å². The molecule has 2 aromatic heterocycles. The van der Waals surface area contributed by atoms with Crippen LogP contribution in [0.15, 0.2) is 66.9 Å². The Labute approximate surface area is 144 Å². The zero-order chi connectivity index (χ0) is 17.1. The highest BCUT2D eigenvalue weighted by Gasteiger charge is 2.18. The number of hydrogen-bond acceptors (Lipinski definition) is 6. The number of para-hydroxylation sites is 1. The molecule has 0 amide bonds. The second kappa shape index (κ2) is 6.48. The van der Waals surface area contributed by atoms with Crippen LogP contribution in [-0.2, 0) is 0 Å². The van der Waals surface area contributed by atoms with Gasteiger partial charge in [0.05, 0.1) is 16.9 Å². The fourth-order valence-corrected chi connectivity index (χ4v) is 2.58. The van der Waals surface area contributed by atoms with Crippen molar-refractivity contribution in [2.45, 2.75) is 0 Å². The molecule has 0 aliphatic heterocycles. The topological polar surface area (TPSA) is 81.4 Å². The Hall–Kier alpha value is -3.61. The molecule has 0 saturated carbocycles. The standard InChI is InChI=1S/C18H15N7/c1-19-18-20-12-15(16(21-18)13-8-4-2-5-9-13)17-22-23-24-25(17)14-10-6-3-7-11-14/h2-12H,1H3,(H,19,20,21). The molecule has 0 atom stereocenters. The minimum atomic E-state index is 0.543. The van der Waals surface area contributed by atoms with E-state index in [-0.39, 0.29) is 0 Å². The summed E-state index contributed by atoms with van der Waals surface area (Å²) in [5, 5.41) is 15.1. The lowest BCUT2D eigenvalue weighted by molar-refractivity contribution is 0.791. The summed E-state index contributed by atoms with van der Waals surface area (Å²) >= 11 is 0. The van der Waals surface area contributed by atoms with E-state index >= 15 is 0 Å². The summed E-state index contributed by atoms with van der Waals surface area (Å²) in [7, 11) is 1.79. The van der Waals surface area contributed by atoms with Gasteiger partial charge in [0.25, 0.3) is 0 Å². The van der Waals surface area contributed by atoms with E-state index in [1.807, 2.05) is 60.7 Å². The number of benzene rings is 2. The minimum absolute atomic E-state index is 0.543. The Morgan fingerprint density at radius 1 is 0.920 bits per heavy atom. The van der Waals surface area contributed by atoms with Crippen molar-refractivity contribution in [1.29, 1.82) is 0 Å². The van der Waals surface area contributed by atoms with E-state index in [1.54, 1.807) is 17.9 Å². The molecule has 1 N–H and O–H groups in total. The molecule has 0 aliphatic rings. The number of aromatic nitrogens is 6. The highest BCUT2D eigenvalue weighted by atomic mass is 15.5. The van der Waals surface area contributed by atoms with Crippen molar-refractivity contribution in [3.63, 3.8) is 0 Å². The molecule has 0 bridgehead atoms. The van der Waals surface area contributed by atoms with Crippen LogP contribution in [0.3, 0.4) is 0 Å².